The predicted molar refractivity (Wildman–Crippen MR) is 125 cm³/mol. The van der Waals surface area contributed by atoms with Crippen molar-refractivity contribution >= 4 is 35.9 Å². The van der Waals surface area contributed by atoms with E-state index in [1.807, 2.05) is 30.3 Å². The minimum atomic E-state index is -1.69. The molecule has 0 radical (unpaired) electrons. The van der Waals surface area contributed by atoms with Gasteiger partial charge in [0.05, 0.1) is 0 Å². The average molecular weight is 506 g/mol. The molecule has 0 aliphatic carbocycles. The molecule has 1 aromatic rings. The third kappa shape index (κ3) is 7.27. The van der Waals surface area contributed by atoms with E-state index >= 15 is 0 Å². The van der Waals surface area contributed by atoms with Crippen molar-refractivity contribution in [1.82, 2.24) is 15.1 Å². The normalized spacial score (nSPS) is 16.0. The van der Waals surface area contributed by atoms with E-state index in [0.717, 1.165) is 10.5 Å². The van der Waals surface area contributed by atoms with Crippen molar-refractivity contribution in [2.45, 2.75) is 58.6 Å². The molecule has 1 aliphatic rings. The lowest BCUT2D eigenvalue weighted by Crippen LogP contribution is -2.66. The van der Waals surface area contributed by atoms with Gasteiger partial charge in [0.15, 0.2) is 0 Å². The van der Waals surface area contributed by atoms with Crippen LogP contribution in [0.25, 0.3) is 0 Å². The molecule has 0 bridgehead atoms. The lowest BCUT2D eigenvalue weighted by molar-refractivity contribution is -0.163. The first-order valence-corrected chi connectivity index (χ1v) is 11.6. The first kappa shape index (κ1) is 28.3. The van der Waals surface area contributed by atoms with Crippen molar-refractivity contribution in [3.8, 4) is 0 Å². The average Bonchev–Trinajstić information content (AvgIpc) is 2.83. The number of hydrogen-bond acceptors (Lipinski definition) is 7. The third-order valence-electron chi connectivity index (χ3n) is 5.73. The molecule has 2 rings (SSSR count). The second kappa shape index (κ2) is 12.7. The fourth-order valence-corrected chi connectivity index (χ4v) is 3.68. The topological polar surface area (TPSA) is 171 Å². The highest BCUT2D eigenvalue weighted by atomic mass is 16.5. The van der Waals surface area contributed by atoms with E-state index in [0.29, 0.717) is 11.3 Å². The van der Waals surface area contributed by atoms with Gasteiger partial charge in [0.25, 0.3) is 0 Å². The smallest absolute Gasteiger partial charge is 0.407 e. The molecule has 1 heterocycles. The standard InChI is InChI=1S/C24H31N3O9/c1-24(2)20(32)26(14-8-12-18(28)29)23(35)27(21(24)33)17(19(30)31)11-6-7-13-25-22(34)36-15-16-9-4-3-5-10-16/h3-5,9-10,17H,6-8,11-15H2,1-2H3,(H,25,34)(H,28,29)(H,30,31)/t17-/m0/s1. The van der Waals surface area contributed by atoms with Crippen LogP contribution in [0.5, 0.6) is 0 Å². The number of nitrogens with one attached hydrogen (secondary N) is 1. The quantitative estimate of drug-likeness (QED) is 0.268. The summed E-state index contributed by atoms with van der Waals surface area (Å²) >= 11 is 0. The van der Waals surface area contributed by atoms with Crippen LogP contribution in [-0.2, 0) is 30.5 Å². The number of carboxylic acids is 2. The number of barbiturate groups is 1. The van der Waals surface area contributed by atoms with Crippen molar-refractivity contribution in [2.75, 3.05) is 13.1 Å². The maximum Gasteiger partial charge on any atom is 0.407 e. The van der Waals surface area contributed by atoms with E-state index in [1.54, 1.807) is 0 Å². The molecule has 0 spiro atoms. The van der Waals surface area contributed by atoms with Gasteiger partial charge in [0.2, 0.25) is 11.8 Å². The highest BCUT2D eigenvalue weighted by Gasteiger charge is 2.54. The van der Waals surface area contributed by atoms with Gasteiger partial charge in [-0.1, -0.05) is 30.3 Å². The van der Waals surface area contributed by atoms with Crippen molar-refractivity contribution in [3.05, 3.63) is 35.9 Å². The zero-order valence-electron chi connectivity index (χ0n) is 20.3. The zero-order valence-corrected chi connectivity index (χ0v) is 20.3. The molecule has 12 heteroatoms. The van der Waals surface area contributed by atoms with Crippen molar-refractivity contribution < 1.29 is 43.7 Å². The number of carbonyl (C=O) groups excluding carboxylic acids is 4. The lowest BCUT2D eigenvalue weighted by Gasteiger charge is -2.42. The first-order chi connectivity index (χ1) is 17.0. The Morgan fingerprint density at radius 3 is 2.28 bits per heavy atom. The van der Waals surface area contributed by atoms with E-state index in [9.17, 15) is 33.9 Å². The summed E-state index contributed by atoms with van der Waals surface area (Å²) in [7, 11) is 0. The molecule has 36 heavy (non-hydrogen) atoms. The zero-order chi connectivity index (χ0) is 26.9. The molecular formula is C24H31N3O9. The number of carboxylic acid groups (broad SMARTS) is 2. The molecule has 0 unspecified atom stereocenters. The van der Waals surface area contributed by atoms with Crippen LogP contribution in [-0.4, -0.2) is 75.0 Å². The number of nitrogens with zero attached hydrogens (tertiary/aromatic N) is 2. The van der Waals surface area contributed by atoms with Gasteiger partial charge < -0.3 is 20.3 Å². The number of rotatable bonds is 13. The molecule has 12 nitrogen and oxygen atoms in total. The van der Waals surface area contributed by atoms with Crippen LogP contribution >= 0.6 is 0 Å². The monoisotopic (exact) mass is 505 g/mol. The second-order valence-corrected chi connectivity index (χ2v) is 8.88. The summed E-state index contributed by atoms with van der Waals surface area (Å²) in [5.41, 5.74) is -0.860. The Hall–Kier alpha value is -3.96. The lowest BCUT2D eigenvalue weighted by atomic mass is 9.86. The Labute approximate surface area is 208 Å². The van der Waals surface area contributed by atoms with Gasteiger partial charge in [0.1, 0.15) is 18.1 Å². The molecule has 3 N–H and O–H groups in total. The summed E-state index contributed by atoms with van der Waals surface area (Å²) in [6.07, 6.45) is -0.456. The highest BCUT2D eigenvalue weighted by molar-refractivity contribution is 6.19. The van der Waals surface area contributed by atoms with Gasteiger partial charge in [-0.15, -0.1) is 0 Å². The second-order valence-electron chi connectivity index (χ2n) is 8.88. The molecule has 1 atom stereocenters. The Balaban J connectivity index is 1.93. The molecule has 1 aliphatic heterocycles. The van der Waals surface area contributed by atoms with Gasteiger partial charge >= 0.3 is 24.1 Å². The Bertz CT molecular complexity index is 994. The van der Waals surface area contributed by atoms with Crippen molar-refractivity contribution in [2.24, 2.45) is 5.41 Å². The van der Waals surface area contributed by atoms with Crippen LogP contribution in [0.1, 0.15) is 51.5 Å². The predicted octanol–water partition coefficient (Wildman–Crippen LogP) is 2.22. The van der Waals surface area contributed by atoms with Crippen LogP contribution in [0.4, 0.5) is 9.59 Å². The first-order valence-electron chi connectivity index (χ1n) is 11.6. The van der Waals surface area contributed by atoms with E-state index < -0.39 is 47.3 Å². The van der Waals surface area contributed by atoms with Gasteiger partial charge in [0, 0.05) is 19.5 Å². The molecule has 1 saturated heterocycles. The summed E-state index contributed by atoms with van der Waals surface area (Å²) < 4.78 is 5.09. The van der Waals surface area contributed by atoms with E-state index in [1.165, 1.54) is 13.8 Å². The van der Waals surface area contributed by atoms with Gasteiger partial charge in [-0.25, -0.2) is 19.3 Å². The molecule has 0 saturated carbocycles. The number of carbonyl (C=O) groups is 6. The number of urea groups is 1. The number of ether oxygens (including phenoxy) is 1. The summed E-state index contributed by atoms with van der Waals surface area (Å²) in [5.74, 6) is -4.26. The van der Waals surface area contributed by atoms with Gasteiger partial charge in [-0.3, -0.25) is 19.3 Å². The van der Waals surface area contributed by atoms with Gasteiger partial charge in [-0.05, 0) is 45.1 Å². The van der Waals surface area contributed by atoms with E-state index in [4.69, 9.17) is 9.84 Å². The number of unbranched alkanes of at least 4 members (excludes halogenated alkanes) is 1. The summed E-state index contributed by atoms with van der Waals surface area (Å²) in [6, 6.07) is 6.50. The van der Waals surface area contributed by atoms with Crippen LogP contribution in [0, 0.1) is 5.41 Å². The minimum Gasteiger partial charge on any atom is -0.481 e. The van der Waals surface area contributed by atoms with Crippen LogP contribution in [0.3, 0.4) is 0 Å². The number of alkyl carbamates (subject to hydrolysis) is 1. The molecule has 5 amide bonds. The molecule has 1 fully saturated rings. The van der Waals surface area contributed by atoms with Crippen LogP contribution < -0.4 is 5.32 Å². The number of hydrogen-bond donors (Lipinski definition) is 3. The van der Waals surface area contributed by atoms with Gasteiger partial charge in [-0.2, -0.15) is 0 Å². The summed E-state index contributed by atoms with van der Waals surface area (Å²) in [5, 5.41) is 21.1. The highest BCUT2D eigenvalue weighted by Crippen LogP contribution is 2.31. The minimum absolute atomic E-state index is 0.0330. The SMILES string of the molecule is CC1(C)C(=O)N(CCCC(=O)O)C(=O)N([C@@H](CCCCNC(=O)OCc2ccccc2)C(=O)O)C1=O. The largest absolute Gasteiger partial charge is 0.481 e. The maximum atomic E-state index is 12.9. The fourth-order valence-electron chi connectivity index (χ4n) is 3.68. The Kier molecular flexibility index (Phi) is 9.94. The van der Waals surface area contributed by atoms with E-state index in [2.05, 4.69) is 5.32 Å². The number of benzene rings is 1. The maximum absolute atomic E-state index is 12.9. The number of imide groups is 2. The number of amides is 5. The van der Waals surface area contributed by atoms with Crippen molar-refractivity contribution in [1.29, 1.82) is 0 Å². The summed E-state index contributed by atoms with van der Waals surface area (Å²) in [4.78, 5) is 74.5. The third-order valence-corrected chi connectivity index (χ3v) is 5.73. The van der Waals surface area contributed by atoms with Crippen LogP contribution in [0.15, 0.2) is 30.3 Å². The van der Waals surface area contributed by atoms with Crippen LogP contribution in [0.2, 0.25) is 0 Å². The molecular weight excluding hydrogens is 474 g/mol. The number of aliphatic carboxylic acids is 2. The molecule has 0 aromatic heterocycles. The molecule has 1 aromatic carbocycles. The Morgan fingerprint density at radius 2 is 1.67 bits per heavy atom. The fraction of sp³-hybridized carbons (Fsp3) is 0.500. The molecule has 196 valence electrons. The van der Waals surface area contributed by atoms with Crippen molar-refractivity contribution in [3.63, 3.8) is 0 Å². The van der Waals surface area contributed by atoms with E-state index in [-0.39, 0.29) is 45.4 Å². The summed E-state index contributed by atoms with van der Waals surface area (Å²) in [6.45, 7) is 2.63. The Morgan fingerprint density at radius 1 is 1.00 bits per heavy atom.